The van der Waals surface area contributed by atoms with E-state index in [1.807, 2.05) is 31.3 Å². The molecule has 4 rings (SSSR count). The van der Waals surface area contributed by atoms with Gasteiger partial charge in [-0.05, 0) is 71.3 Å². The molecule has 1 aliphatic rings. The zero-order valence-corrected chi connectivity index (χ0v) is 15.7. The average Bonchev–Trinajstić information content (AvgIpc) is 2.66. The van der Waals surface area contributed by atoms with Crippen molar-refractivity contribution in [2.24, 2.45) is 7.05 Å². The van der Waals surface area contributed by atoms with Gasteiger partial charge in [0.05, 0.1) is 0 Å². The summed E-state index contributed by atoms with van der Waals surface area (Å²) in [6.45, 7) is 1.85. The first-order valence-electron chi connectivity index (χ1n) is 9.24. The Morgan fingerprint density at radius 3 is 2.56 bits per heavy atom. The Balaban J connectivity index is 1.88. The van der Waals surface area contributed by atoms with E-state index in [1.165, 1.54) is 16.7 Å². The number of rotatable bonds is 3. The molecule has 1 aromatic carbocycles. The monoisotopic (exact) mass is 358 g/mol. The molecule has 2 heterocycles. The fourth-order valence-electron chi connectivity index (χ4n) is 3.87. The van der Waals surface area contributed by atoms with Crippen molar-refractivity contribution in [3.8, 4) is 11.1 Å². The van der Waals surface area contributed by atoms with Crippen molar-refractivity contribution < 1.29 is 4.79 Å². The minimum Gasteiger partial charge on any atom is -0.318 e. The summed E-state index contributed by atoms with van der Waals surface area (Å²) in [6.07, 6.45) is 8.19. The van der Waals surface area contributed by atoms with E-state index < -0.39 is 0 Å². The lowest BCUT2D eigenvalue weighted by molar-refractivity contribution is -0.118. The number of ketones is 1. The van der Waals surface area contributed by atoms with E-state index in [1.54, 1.807) is 24.0 Å². The zero-order chi connectivity index (χ0) is 19.0. The number of aromatic nitrogens is 2. The van der Waals surface area contributed by atoms with Crippen molar-refractivity contribution in [2.75, 3.05) is 0 Å². The Kier molecular flexibility index (Phi) is 4.48. The van der Waals surface area contributed by atoms with Gasteiger partial charge in [-0.15, -0.1) is 0 Å². The SMILES string of the molecule is Cc1cc(-c2cc3c(cc2Cc2ccncc2)CC(=O)CC3)cn(C)c1=O. The van der Waals surface area contributed by atoms with Crippen molar-refractivity contribution in [1.82, 2.24) is 9.55 Å². The van der Waals surface area contributed by atoms with Crippen molar-refractivity contribution >= 4 is 5.78 Å². The third-order valence-electron chi connectivity index (χ3n) is 5.30. The second kappa shape index (κ2) is 6.95. The highest BCUT2D eigenvalue weighted by molar-refractivity contribution is 5.84. The molecule has 1 aliphatic carbocycles. The number of carbonyl (C=O) groups is 1. The molecule has 0 radical (unpaired) electrons. The van der Waals surface area contributed by atoms with Crippen LogP contribution in [-0.4, -0.2) is 15.3 Å². The molecule has 4 nitrogen and oxygen atoms in total. The first-order valence-corrected chi connectivity index (χ1v) is 9.24. The largest absolute Gasteiger partial charge is 0.318 e. The Morgan fingerprint density at radius 2 is 1.81 bits per heavy atom. The van der Waals surface area contributed by atoms with Gasteiger partial charge in [0.15, 0.2) is 0 Å². The molecule has 0 saturated carbocycles. The second-order valence-electron chi connectivity index (χ2n) is 7.35. The first-order chi connectivity index (χ1) is 13.0. The van der Waals surface area contributed by atoms with Gasteiger partial charge in [0.25, 0.3) is 5.56 Å². The van der Waals surface area contributed by atoms with Crippen LogP contribution in [0.4, 0.5) is 0 Å². The molecule has 0 aliphatic heterocycles. The fraction of sp³-hybridized carbons (Fsp3) is 0.261. The highest BCUT2D eigenvalue weighted by Gasteiger charge is 2.19. The van der Waals surface area contributed by atoms with Crippen molar-refractivity contribution in [1.29, 1.82) is 0 Å². The second-order valence-corrected chi connectivity index (χ2v) is 7.35. The molecule has 0 spiro atoms. The molecule has 0 saturated heterocycles. The molecular weight excluding hydrogens is 336 g/mol. The third kappa shape index (κ3) is 3.47. The lowest BCUT2D eigenvalue weighted by atomic mass is 9.84. The molecule has 0 fully saturated rings. The Labute approximate surface area is 158 Å². The number of pyridine rings is 2. The maximum absolute atomic E-state index is 12.1. The number of hydrogen-bond donors (Lipinski definition) is 0. The number of hydrogen-bond acceptors (Lipinski definition) is 3. The third-order valence-corrected chi connectivity index (χ3v) is 5.30. The highest BCUT2D eigenvalue weighted by atomic mass is 16.1. The van der Waals surface area contributed by atoms with Gasteiger partial charge in [-0.1, -0.05) is 12.1 Å². The van der Waals surface area contributed by atoms with Crippen LogP contribution < -0.4 is 5.56 Å². The van der Waals surface area contributed by atoms with Crippen LogP contribution in [0.25, 0.3) is 11.1 Å². The molecule has 136 valence electrons. The first kappa shape index (κ1) is 17.4. The van der Waals surface area contributed by atoms with Crippen LogP contribution in [0.5, 0.6) is 0 Å². The van der Waals surface area contributed by atoms with Gasteiger partial charge in [0.2, 0.25) is 0 Å². The fourth-order valence-corrected chi connectivity index (χ4v) is 3.87. The van der Waals surface area contributed by atoms with E-state index in [9.17, 15) is 9.59 Å². The van der Waals surface area contributed by atoms with E-state index in [0.717, 1.165) is 35.1 Å². The highest BCUT2D eigenvalue weighted by Crippen LogP contribution is 2.31. The molecule has 27 heavy (non-hydrogen) atoms. The van der Waals surface area contributed by atoms with E-state index in [4.69, 9.17) is 0 Å². The van der Waals surface area contributed by atoms with Gasteiger partial charge >= 0.3 is 0 Å². The molecular formula is C23H22N2O2. The van der Waals surface area contributed by atoms with Crippen molar-refractivity contribution in [2.45, 2.75) is 32.6 Å². The van der Waals surface area contributed by atoms with E-state index in [0.29, 0.717) is 18.6 Å². The summed E-state index contributed by atoms with van der Waals surface area (Å²) < 4.78 is 1.64. The van der Waals surface area contributed by atoms with Crippen molar-refractivity contribution in [3.05, 3.63) is 87.1 Å². The molecule has 4 heteroatoms. The summed E-state index contributed by atoms with van der Waals surface area (Å²) in [4.78, 5) is 28.1. The van der Waals surface area contributed by atoms with Gasteiger partial charge in [-0.25, -0.2) is 0 Å². The number of carbonyl (C=O) groups excluding carboxylic acids is 1. The number of Topliss-reactive ketones (excluding diaryl/α,β-unsaturated/α-hetero) is 1. The lowest BCUT2D eigenvalue weighted by Gasteiger charge is -2.20. The molecule has 0 N–H and O–H groups in total. The summed E-state index contributed by atoms with van der Waals surface area (Å²) in [6, 6.07) is 10.4. The molecule has 0 bridgehead atoms. The minimum absolute atomic E-state index is 0.0259. The molecule has 0 unspecified atom stereocenters. The smallest absolute Gasteiger partial charge is 0.253 e. The number of aryl methyl sites for hydroxylation is 3. The maximum atomic E-state index is 12.1. The lowest BCUT2D eigenvalue weighted by Crippen LogP contribution is -2.19. The number of nitrogens with zero attached hydrogens (tertiary/aromatic N) is 2. The predicted octanol–water partition coefficient (Wildman–Crippen LogP) is 3.40. The summed E-state index contributed by atoms with van der Waals surface area (Å²) in [5.41, 5.74) is 7.67. The molecule has 0 atom stereocenters. The summed E-state index contributed by atoms with van der Waals surface area (Å²) >= 11 is 0. The van der Waals surface area contributed by atoms with Crippen LogP contribution >= 0.6 is 0 Å². The van der Waals surface area contributed by atoms with Gasteiger partial charge < -0.3 is 4.57 Å². The van der Waals surface area contributed by atoms with Gasteiger partial charge in [0, 0.05) is 44.0 Å². The topological polar surface area (TPSA) is 52.0 Å². The van der Waals surface area contributed by atoms with Crippen LogP contribution in [0.1, 0.15) is 34.2 Å². The van der Waals surface area contributed by atoms with E-state index >= 15 is 0 Å². The molecule has 0 amide bonds. The van der Waals surface area contributed by atoms with Gasteiger partial charge in [0.1, 0.15) is 5.78 Å². The minimum atomic E-state index is 0.0259. The zero-order valence-electron chi connectivity index (χ0n) is 15.7. The quantitative estimate of drug-likeness (QED) is 0.721. The molecule has 3 aromatic rings. The van der Waals surface area contributed by atoms with E-state index in [2.05, 4.69) is 17.1 Å². The maximum Gasteiger partial charge on any atom is 0.253 e. The normalized spacial score (nSPS) is 13.5. The van der Waals surface area contributed by atoms with Crippen LogP contribution in [0.2, 0.25) is 0 Å². The summed E-state index contributed by atoms with van der Waals surface area (Å²) in [5, 5.41) is 0. The number of fused-ring (bicyclic) bond motifs is 1. The van der Waals surface area contributed by atoms with Crippen LogP contribution in [-0.2, 0) is 31.1 Å². The Morgan fingerprint density at radius 1 is 1.04 bits per heavy atom. The van der Waals surface area contributed by atoms with Crippen molar-refractivity contribution in [3.63, 3.8) is 0 Å². The van der Waals surface area contributed by atoms with Crippen LogP contribution in [0, 0.1) is 6.92 Å². The average molecular weight is 358 g/mol. The predicted molar refractivity (Wildman–Crippen MR) is 106 cm³/mol. The Hall–Kier alpha value is -3.01. The standard InChI is InChI=1S/C23H22N2O2/c1-15-9-20(14-25(2)23(15)27)22-13-17-3-4-21(26)12-18(17)11-19(22)10-16-5-7-24-8-6-16/h5-9,11,13-14H,3-4,10,12H2,1-2H3. The van der Waals surface area contributed by atoms with Crippen LogP contribution in [0.3, 0.4) is 0 Å². The van der Waals surface area contributed by atoms with E-state index in [-0.39, 0.29) is 5.56 Å². The number of benzene rings is 1. The Bertz CT molecular complexity index is 1060. The summed E-state index contributed by atoms with van der Waals surface area (Å²) in [5.74, 6) is 0.308. The van der Waals surface area contributed by atoms with Crippen LogP contribution in [0.15, 0.2) is 53.7 Å². The van der Waals surface area contributed by atoms with Gasteiger partial charge in [-0.2, -0.15) is 0 Å². The molecule has 2 aromatic heterocycles. The van der Waals surface area contributed by atoms with Gasteiger partial charge in [-0.3, -0.25) is 14.6 Å². The summed E-state index contributed by atoms with van der Waals surface area (Å²) in [7, 11) is 1.79.